The molecule has 106 valence electrons. The third kappa shape index (κ3) is 3.54. The highest BCUT2D eigenvalue weighted by molar-refractivity contribution is 6.61. The highest BCUT2D eigenvalue weighted by atomic mass is 28.4. The van der Waals surface area contributed by atoms with Crippen LogP contribution in [0.2, 0.25) is 6.04 Å². The molecule has 0 amide bonds. The Bertz CT molecular complexity index is 251. The molecule has 4 nitrogen and oxygen atoms in total. The fourth-order valence-electron chi connectivity index (χ4n) is 3.07. The van der Waals surface area contributed by atoms with Crippen molar-refractivity contribution in [3.05, 3.63) is 0 Å². The van der Waals surface area contributed by atoms with Gasteiger partial charge >= 0.3 is 8.80 Å². The van der Waals surface area contributed by atoms with Crippen molar-refractivity contribution in [2.45, 2.75) is 59.0 Å². The van der Waals surface area contributed by atoms with E-state index in [2.05, 4.69) is 39.5 Å². The molecule has 3 atom stereocenters. The Morgan fingerprint density at radius 1 is 0.944 bits per heavy atom. The van der Waals surface area contributed by atoms with Gasteiger partial charge in [0.25, 0.3) is 0 Å². The van der Waals surface area contributed by atoms with Crippen molar-refractivity contribution < 1.29 is 13.3 Å². The summed E-state index contributed by atoms with van der Waals surface area (Å²) in [6.07, 6.45) is 0.612. The van der Waals surface area contributed by atoms with Crippen molar-refractivity contribution in [2.75, 3.05) is 19.6 Å². The molecule has 3 unspecified atom stereocenters. The molecule has 0 aromatic rings. The van der Waals surface area contributed by atoms with Crippen LogP contribution in [-0.4, -0.2) is 51.7 Å². The molecular formula is C13H27NO3Si. The summed E-state index contributed by atoms with van der Waals surface area (Å²) in [4.78, 5) is 2.40. The zero-order valence-electron chi connectivity index (χ0n) is 12.3. The van der Waals surface area contributed by atoms with Gasteiger partial charge in [0.15, 0.2) is 0 Å². The minimum Gasteiger partial charge on any atom is -0.369 e. The van der Waals surface area contributed by atoms with E-state index in [0.717, 1.165) is 25.7 Å². The maximum atomic E-state index is 6.25. The molecule has 0 aromatic carbocycles. The summed E-state index contributed by atoms with van der Waals surface area (Å²) in [6.45, 7) is 13.8. The number of rotatable bonds is 2. The van der Waals surface area contributed by atoms with Crippen LogP contribution in [0.25, 0.3) is 0 Å². The minimum absolute atomic E-state index is 0.204. The summed E-state index contributed by atoms with van der Waals surface area (Å²) in [5, 5.41) is 0. The highest BCUT2D eigenvalue weighted by Gasteiger charge is 2.49. The van der Waals surface area contributed by atoms with Crippen LogP contribution in [0.1, 0.15) is 34.6 Å². The van der Waals surface area contributed by atoms with Crippen LogP contribution >= 0.6 is 0 Å². The van der Waals surface area contributed by atoms with Crippen molar-refractivity contribution >= 4 is 8.80 Å². The van der Waals surface area contributed by atoms with Crippen molar-refractivity contribution in [2.24, 2.45) is 5.92 Å². The maximum Gasteiger partial charge on any atom is 0.502 e. The molecule has 0 spiro atoms. The van der Waals surface area contributed by atoms with Crippen LogP contribution in [0.4, 0.5) is 0 Å². The normalized spacial score (nSPS) is 45.7. The second-order valence-electron chi connectivity index (χ2n) is 6.28. The summed E-state index contributed by atoms with van der Waals surface area (Å²) in [6, 6.07) is 0.923. The van der Waals surface area contributed by atoms with Gasteiger partial charge in [0.05, 0.1) is 18.3 Å². The second-order valence-corrected chi connectivity index (χ2v) is 8.77. The van der Waals surface area contributed by atoms with Gasteiger partial charge in [-0.3, -0.25) is 4.90 Å². The molecule has 0 aromatic heterocycles. The summed E-state index contributed by atoms with van der Waals surface area (Å²) in [5.74, 6) is 0.540. The lowest BCUT2D eigenvalue weighted by Gasteiger charge is -2.45. The van der Waals surface area contributed by atoms with Crippen LogP contribution in [-0.2, 0) is 13.3 Å². The molecule has 5 heteroatoms. The number of hydrogen-bond acceptors (Lipinski definition) is 4. The first-order valence-electron chi connectivity index (χ1n) is 7.14. The Balaban J connectivity index is 2.24. The fraction of sp³-hybridized carbons (Fsp3) is 1.00. The van der Waals surface area contributed by atoms with Crippen molar-refractivity contribution in [3.63, 3.8) is 0 Å². The first-order valence-corrected chi connectivity index (χ1v) is 9.07. The molecule has 0 radical (unpaired) electrons. The van der Waals surface area contributed by atoms with Gasteiger partial charge in [0, 0.05) is 25.7 Å². The molecule has 3 heterocycles. The van der Waals surface area contributed by atoms with Crippen LogP contribution in [0.5, 0.6) is 0 Å². The molecule has 3 saturated heterocycles. The van der Waals surface area contributed by atoms with E-state index in [1.165, 1.54) is 0 Å². The van der Waals surface area contributed by atoms with E-state index in [1.807, 2.05) is 0 Å². The van der Waals surface area contributed by atoms with Gasteiger partial charge < -0.3 is 13.3 Å². The van der Waals surface area contributed by atoms with Gasteiger partial charge in [0.1, 0.15) is 0 Å². The van der Waals surface area contributed by atoms with Crippen LogP contribution < -0.4 is 0 Å². The van der Waals surface area contributed by atoms with Crippen molar-refractivity contribution in [3.8, 4) is 0 Å². The Morgan fingerprint density at radius 2 is 1.33 bits per heavy atom. The van der Waals surface area contributed by atoms with Gasteiger partial charge in [0.2, 0.25) is 0 Å². The van der Waals surface area contributed by atoms with Crippen molar-refractivity contribution in [1.29, 1.82) is 0 Å². The summed E-state index contributed by atoms with van der Waals surface area (Å²) >= 11 is 0. The summed E-state index contributed by atoms with van der Waals surface area (Å²) in [7, 11) is -2.51. The quantitative estimate of drug-likeness (QED) is 0.721. The lowest BCUT2D eigenvalue weighted by atomic mass is 10.2. The lowest BCUT2D eigenvalue weighted by Crippen LogP contribution is -2.61. The third-order valence-electron chi connectivity index (χ3n) is 3.35. The Hall–Kier alpha value is 0.0569. The zero-order chi connectivity index (χ0) is 13.3. The van der Waals surface area contributed by atoms with Crippen LogP contribution in [0, 0.1) is 5.92 Å². The van der Waals surface area contributed by atoms with E-state index in [-0.39, 0.29) is 18.3 Å². The van der Waals surface area contributed by atoms with Gasteiger partial charge in [-0.25, -0.2) is 0 Å². The van der Waals surface area contributed by atoms with E-state index in [9.17, 15) is 0 Å². The average molecular weight is 273 g/mol. The molecular weight excluding hydrogens is 246 g/mol. The van der Waals surface area contributed by atoms with Crippen LogP contribution in [0.3, 0.4) is 0 Å². The maximum absolute atomic E-state index is 6.25. The molecule has 3 aliphatic rings. The molecule has 3 aliphatic heterocycles. The van der Waals surface area contributed by atoms with Gasteiger partial charge in [-0.1, -0.05) is 13.8 Å². The molecule has 3 fully saturated rings. The Morgan fingerprint density at radius 3 is 1.67 bits per heavy atom. The van der Waals surface area contributed by atoms with Gasteiger partial charge in [-0.15, -0.1) is 0 Å². The van der Waals surface area contributed by atoms with E-state index in [1.54, 1.807) is 0 Å². The smallest absolute Gasteiger partial charge is 0.369 e. The van der Waals surface area contributed by atoms with E-state index in [0.29, 0.717) is 5.92 Å². The van der Waals surface area contributed by atoms with E-state index in [4.69, 9.17) is 13.3 Å². The molecule has 18 heavy (non-hydrogen) atoms. The molecule has 0 aliphatic carbocycles. The minimum atomic E-state index is -2.51. The van der Waals surface area contributed by atoms with Gasteiger partial charge in [-0.05, 0) is 26.7 Å². The average Bonchev–Trinajstić information content (AvgIpc) is 2.09. The Kier molecular flexibility index (Phi) is 4.49. The fourth-order valence-corrected chi connectivity index (χ4v) is 6.59. The topological polar surface area (TPSA) is 30.9 Å². The number of hydrogen-bond donors (Lipinski definition) is 0. The summed E-state index contributed by atoms with van der Waals surface area (Å²) in [5.41, 5.74) is 0. The molecule has 2 bridgehead atoms. The standard InChI is InChI=1S/C13H27NO3Si/c1-10(2)9-18-15-11(3)6-14(7-12(4)16-18)8-13(5)17-18/h10-13H,6-9H2,1-5H3. The number of nitrogens with zero attached hydrogens (tertiary/aromatic N) is 1. The van der Waals surface area contributed by atoms with E-state index < -0.39 is 8.80 Å². The van der Waals surface area contributed by atoms with E-state index >= 15 is 0 Å². The first kappa shape index (κ1) is 14.5. The molecule has 0 saturated carbocycles. The molecule has 0 N–H and O–H groups in total. The summed E-state index contributed by atoms with van der Waals surface area (Å²) < 4.78 is 18.8. The highest BCUT2D eigenvalue weighted by Crippen LogP contribution is 2.30. The number of fused-ring (bicyclic) bond motifs is 6. The largest absolute Gasteiger partial charge is 0.502 e. The lowest BCUT2D eigenvalue weighted by molar-refractivity contribution is -0.0801. The predicted octanol–water partition coefficient (Wildman–Crippen LogP) is 2.13. The Labute approximate surface area is 112 Å². The second kappa shape index (κ2) is 5.59. The predicted molar refractivity (Wildman–Crippen MR) is 73.5 cm³/mol. The first-order chi connectivity index (χ1) is 8.38. The van der Waals surface area contributed by atoms with Crippen molar-refractivity contribution in [1.82, 2.24) is 4.90 Å². The SMILES string of the molecule is CC(C)C[Si]12OC(C)CN(CC(C)O1)CC(C)O2. The third-order valence-corrected chi connectivity index (χ3v) is 6.95. The van der Waals surface area contributed by atoms with Crippen LogP contribution in [0.15, 0.2) is 0 Å². The monoisotopic (exact) mass is 273 g/mol. The molecule has 3 rings (SSSR count). The van der Waals surface area contributed by atoms with Gasteiger partial charge in [-0.2, -0.15) is 0 Å². The zero-order valence-corrected chi connectivity index (χ0v) is 13.3.